The summed E-state index contributed by atoms with van der Waals surface area (Å²) in [5.41, 5.74) is 6.31. The maximum absolute atomic E-state index is 12.4. The van der Waals surface area contributed by atoms with Gasteiger partial charge in [-0.1, -0.05) is 19.9 Å². The molecule has 2 aromatic carbocycles. The number of hydrogen-bond acceptors (Lipinski definition) is 6. The number of pyridine rings is 1. The second kappa shape index (κ2) is 11.8. The third-order valence-electron chi connectivity index (χ3n) is 7.78. The summed E-state index contributed by atoms with van der Waals surface area (Å²) in [6, 6.07) is 17.9. The number of carbonyl (C=O) groups excluding carboxylic acids is 1. The number of aryl methyl sites for hydroxylation is 2. The molecule has 0 aliphatic carbocycles. The fourth-order valence-electron chi connectivity index (χ4n) is 5.59. The number of ether oxygens (including phenoxy) is 1. The smallest absolute Gasteiger partial charge is 0.296 e. The van der Waals surface area contributed by atoms with Crippen molar-refractivity contribution in [3.05, 3.63) is 105 Å². The second-order valence-electron chi connectivity index (χ2n) is 10.9. The molecule has 43 heavy (non-hydrogen) atoms. The van der Waals surface area contributed by atoms with Gasteiger partial charge in [-0.25, -0.2) is 0 Å². The van der Waals surface area contributed by atoms with Gasteiger partial charge in [-0.15, -0.1) is 0 Å². The molecular formula is C32H34N6O4S. The van der Waals surface area contributed by atoms with Gasteiger partial charge in [0, 0.05) is 34.9 Å². The van der Waals surface area contributed by atoms with Crippen LogP contribution in [0.25, 0.3) is 5.69 Å². The molecule has 2 aromatic heterocycles. The maximum atomic E-state index is 12.4. The topological polar surface area (TPSA) is 115 Å². The lowest BCUT2D eigenvalue weighted by molar-refractivity contribution is -0.384. The van der Waals surface area contributed by atoms with Gasteiger partial charge in [0.25, 0.3) is 5.69 Å². The lowest BCUT2D eigenvalue weighted by Crippen LogP contribution is -2.29. The predicted octanol–water partition coefficient (Wildman–Crippen LogP) is 6.49. The molecule has 0 spiro atoms. The minimum atomic E-state index is -0.395. The highest BCUT2D eigenvalue weighted by Crippen LogP contribution is 2.45. The molecule has 3 heterocycles. The monoisotopic (exact) mass is 598 g/mol. The van der Waals surface area contributed by atoms with Gasteiger partial charge in [0.05, 0.1) is 35.9 Å². The van der Waals surface area contributed by atoms with Gasteiger partial charge in [0.1, 0.15) is 11.4 Å². The average molecular weight is 599 g/mol. The van der Waals surface area contributed by atoms with Crippen molar-refractivity contribution in [3.63, 3.8) is 0 Å². The van der Waals surface area contributed by atoms with E-state index in [1.165, 1.54) is 13.2 Å². The first-order chi connectivity index (χ1) is 20.5. The van der Waals surface area contributed by atoms with E-state index in [-0.39, 0.29) is 29.6 Å². The quantitative estimate of drug-likeness (QED) is 0.134. The largest absolute Gasteiger partial charge is 0.496 e. The van der Waals surface area contributed by atoms with Crippen LogP contribution in [-0.2, 0) is 4.79 Å². The minimum Gasteiger partial charge on any atom is -0.496 e. The number of nitrogens with one attached hydrogen (secondary N) is 2. The number of aromatic nitrogens is 2. The molecule has 222 valence electrons. The van der Waals surface area contributed by atoms with Gasteiger partial charge in [-0.2, -0.15) is 0 Å². The number of methoxy groups -OCH3 is 1. The van der Waals surface area contributed by atoms with Gasteiger partial charge in [-0.3, -0.25) is 19.9 Å². The summed E-state index contributed by atoms with van der Waals surface area (Å²) in [6.07, 6.45) is 1.75. The van der Waals surface area contributed by atoms with Crippen molar-refractivity contribution in [2.75, 3.05) is 17.3 Å². The number of amides is 1. The van der Waals surface area contributed by atoms with Crippen molar-refractivity contribution in [1.29, 1.82) is 0 Å². The third-order valence-corrected chi connectivity index (χ3v) is 8.09. The molecule has 1 aliphatic heterocycles. The summed E-state index contributed by atoms with van der Waals surface area (Å²) in [5, 5.41) is 19.1. The minimum absolute atomic E-state index is 0.0534. The van der Waals surface area contributed by atoms with Gasteiger partial charge in [0.15, 0.2) is 5.11 Å². The molecule has 1 aliphatic rings. The fourth-order valence-corrected chi connectivity index (χ4v) is 5.93. The number of carbonyl (C=O) groups is 1. The van der Waals surface area contributed by atoms with Crippen LogP contribution in [0.4, 0.5) is 17.1 Å². The van der Waals surface area contributed by atoms with E-state index < -0.39 is 4.92 Å². The van der Waals surface area contributed by atoms with Crippen molar-refractivity contribution in [2.24, 2.45) is 5.92 Å². The highest BCUT2D eigenvalue weighted by Gasteiger charge is 2.42. The van der Waals surface area contributed by atoms with Gasteiger partial charge >= 0.3 is 0 Å². The molecule has 2 atom stereocenters. The van der Waals surface area contributed by atoms with Gasteiger partial charge < -0.3 is 24.8 Å². The Morgan fingerprint density at radius 1 is 1.12 bits per heavy atom. The Morgan fingerprint density at radius 3 is 2.51 bits per heavy atom. The van der Waals surface area contributed by atoms with Crippen molar-refractivity contribution < 1.29 is 14.5 Å². The van der Waals surface area contributed by atoms with Crippen molar-refractivity contribution >= 4 is 40.3 Å². The highest BCUT2D eigenvalue weighted by molar-refractivity contribution is 7.80. The lowest BCUT2D eigenvalue weighted by Gasteiger charge is -2.29. The van der Waals surface area contributed by atoms with Crippen LogP contribution in [-0.4, -0.2) is 32.6 Å². The molecule has 0 radical (unpaired) electrons. The van der Waals surface area contributed by atoms with Crippen LogP contribution in [0.5, 0.6) is 5.75 Å². The lowest BCUT2D eigenvalue weighted by atomic mass is 9.96. The Labute approximate surface area is 255 Å². The zero-order valence-electron chi connectivity index (χ0n) is 24.9. The Balaban J connectivity index is 1.65. The number of nitro groups is 1. The van der Waals surface area contributed by atoms with Crippen molar-refractivity contribution in [3.8, 4) is 11.4 Å². The van der Waals surface area contributed by atoms with E-state index in [4.69, 9.17) is 17.0 Å². The highest BCUT2D eigenvalue weighted by atomic mass is 32.1. The van der Waals surface area contributed by atoms with Crippen LogP contribution in [0, 0.1) is 36.8 Å². The summed E-state index contributed by atoms with van der Waals surface area (Å²) in [6.45, 7) is 9.55. The number of hydrogen-bond donors (Lipinski definition) is 2. The predicted molar refractivity (Wildman–Crippen MR) is 171 cm³/mol. The van der Waals surface area contributed by atoms with Crippen molar-refractivity contribution in [1.82, 2.24) is 14.9 Å². The van der Waals surface area contributed by atoms with Crippen LogP contribution in [0.15, 0.2) is 66.9 Å². The first kappa shape index (κ1) is 29.7. The standard InChI is InChI=1S/C32H34N6O4S/c1-18(2)31(39)34-25-12-10-22(15-19(25)3)37-30(29(35-32(37)43)26-9-7-8-14-33-26)24-16-20(4)36(21(24)5)27-13-11-23(42-6)17-28(27)38(40)41/h7-18,29-30H,1-6H3,(H,34,39)(H,35,43)/t29-,30-/m1/s1. The number of nitro benzene ring substituents is 1. The molecule has 10 nitrogen and oxygen atoms in total. The Hall–Kier alpha value is -4.77. The molecule has 11 heteroatoms. The number of rotatable bonds is 8. The molecule has 0 bridgehead atoms. The molecule has 0 unspecified atom stereocenters. The molecule has 1 fully saturated rings. The molecule has 1 saturated heterocycles. The Morgan fingerprint density at radius 2 is 1.88 bits per heavy atom. The summed E-state index contributed by atoms with van der Waals surface area (Å²) in [7, 11) is 1.48. The van der Waals surface area contributed by atoms with Crippen LogP contribution in [0.2, 0.25) is 0 Å². The Kier molecular flexibility index (Phi) is 8.19. The summed E-state index contributed by atoms with van der Waals surface area (Å²) in [4.78, 5) is 30.8. The molecule has 2 N–H and O–H groups in total. The first-order valence-corrected chi connectivity index (χ1v) is 14.4. The van der Waals surface area contributed by atoms with Crippen LogP contribution >= 0.6 is 12.2 Å². The van der Waals surface area contributed by atoms with Crippen molar-refractivity contribution in [2.45, 2.75) is 46.7 Å². The van der Waals surface area contributed by atoms with E-state index in [2.05, 4.69) is 26.6 Å². The zero-order valence-corrected chi connectivity index (χ0v) is 25.7. The molecule has 1 amide bonds. The second-order valence-corrected chi connectivity index (χ2v) is 11.3. The first-order valence-electron chi connectivity index (χ1n) is 14.0. The average Bonchev–Trinajstić information content (AvgIpc) is 3.48. The molecule has 4 aromatic rings. The van der Waals surface area contributed by atoms with Crippen LogP contribution in [0.3, 0.4) is 0 Å². The number of benzene rings is 2. The number of thiocarbonyl (C=S) groups is 1. The molecule has 0 saturated carbocycles. The summed E-state index contributed by atoms with van der Waals surface area (Å²) < 4.78 is 7.16. The number of anilines is 2. The van der Waals surface area contributed by atoms with E-state index >= 15 is 0 Å². The number of nitrogens with zero attached hydrogens (tertiary/aromatic N) is 4. The SMILES string of the molecule is COc1ccc(-n2c(C)cc([C@@H]3[C@@H](c4ccccn4)NC(=S)N3c3ccc(NC(=O)C(C)C)c(C)c3)c2C)c([N+](=O)[O-])c1. The normalized spacial score (nSPS) is 16.3. The van der Waals surface area contributed by atoms with E-state index in [9.17, 15) is 14.9 Å². The fraction of sp³-hybridized carbons (Fsp3) is 0.281. The third kappa shape index (κ3) is 5.55. The zero-order chi connectivity index (χ0) is 31.0. The maximum Gasteiger partial charge on any atom is 0.296 e. The molecular weight excluding hydrogens is 564 g/mol. The van der Waals surface area contributed by atoms with Gasteiger partial charge in [-0.05, 0) is 92.6 Å². The van der Waals surface area contributed by atoms with E-state index in [1.807, 2.05) is 75.6 Å². The van der Waals surface area contributed by atoms with Gasteiger partial charge in [0.2, 0.25) is 5.91 Å². The van der Waals surface area contributed by atoms with Crippen LogP contribution < -0.4 is 20.3 Å². The van der Waals surface area contributed by atoms with Crippen LogP contribution in [0.1, 0.15) is 54.1 Å². The summed E-state index contributed by atoms with van der Waals surface area (Å²) >= 11 is 5.92. The Bertz CT molecular complexity index is 1720. The van der Waals surface area contributed by atoms with E-state index in [0.29, 0.717) is 16.5 Å². The van der Waals surface area contributed by atoms with E-state index in [0.717, 1.165) is 39.6 Å². The summed E-state index contributed by atoms with van der Waals surface area (Å²) in [5.74, 6) is 0.213. The molecule has 5 rings (SSSR count). The van der Waals surface area contributed by atoms with E-state index in [1.54, 1.807) is 18.3 Å².